The molecule has 1 saturated heterocycles. The smallest absolute Gasteiger partial charge is 0.194 e. The van der Waals surface area contributed by atoms with Crippen LogP contribution in [0.1, 0.15) is 24.8 Å². The van der Waals surface area contributed by atoms with Crippen LogP contribution in [0.25, 0.3) is 0 Å². The third kappa shape index (κ3) is 3.75. The molecule has 2 rings (SSSR count). The van der Waals surface area contributed by atoms with Crippen LogP contribution in [0.3, 0.4) is 0 Å². The van der Waals surface area contributed by atoms with Crippen molar-refractivity contribution in [3.63, 3.8) is 0 Å². The molecule has 0 bridgehead atoms. The van der Waals surface area contributed by atoms with Crippen LogP contribution in [0.15, 0.2) is 30.3 Å². The first-order chi connectivity index (χ1) is 8.52. The Kier molecular flexibility index (Phi) is 4.79. The second-order valence-corrected chi connectivity index (χ2v) is 6.80. The molecule has 0 aliphatic carbocycles. The molecule has 1 aliphatic rings. The summed E-state index contributed by atoms with van der Waals surface area (Å²) in [5.41, 5.74) is 0.971. The van der Waals surface area contributed by atoms with Gasteiger partial charge in [-0.1, -0.05) is 65.1 Å². The zero-order valence-corrected chi connectivity index (χ0v) is 12.1. The minimum Gasteiger partial charge on any atom is -0.346 e. The van der Waals surface area contributed by atoms with E-state index in [0.717, 1.165) is 12.0 Å². The summed E-state index contributed by atoms with van der Waals surface area (Å²) in [5.74, 6) is -0.774. The normalized spacial score (nSPS) is 19.7. The largest absolute Gasteiger partial charge is 0.346 e. The molecule has 0 atom stereocenters. The Morgan fingerprint density at radius 2 is 1.67 bits per heavy atom. The second kappa shape index (κ2) is 5.98. The van der Waals surface area contributed by atoms with Gasteiger partial charge in [-0.15, -0.1) is 0 Å². The predicted octanol–water partition coefficient (Wildman–Crippen LogP) is 4.43. The molecule has 0 amide bonds. The van der Waals surface area contributed by atoms with Crippen LogP contribution in [-0.2, 0) is 15.3 Å². The Labute approximate surface area is 122 Å². The number of rotatable bonds is 3. The molecule has 1 aromatic rings. The second-order valence-electron chi connectivity index (χ2n) is 4.28. The molecule has 0 spiro atoms. The number of hydrogen-bond donors (Lipinski definition) is 0. The van der Waals surface area contributed by atoms with E-state index in [1.165, 1.54) is 0 Å². The molecular weight excluding hydrogens is 294 g/mol. The van der Waals surface area contributed by atoms with Crippen LogP contribution >= 0.6 is 34.8 Å². The topological polar surface area (TPSA) is 18.5 Å². The molecule has 1 aliphatic heterocycles. The standard InChI is InChI=1S/C13H15Cl3O2/c14-13(15,16)8-7-12(17-9-4-10-18-12)11-5-2-1-3-6-11/h1-3,5-6H,4,7-10H2. The predicted molar refractivity (Wildman–Crippen MR) is 74.2 cm³/mol. The first-order valence-electron chi connectivity index (χ1n) is 5.92. The van der Waals surface area contributed by atoms with Crippen molar-refractivity contribution in [2.24, 2.45) is 0 Å². The summed E-state index contributed by atoms with van der Waals surface area (Å²) >= 11 is 17.5. The molecule has 0 aromatic heterocycles. The number of benzene rings is 1. The maximum absolute atomic E-state index is 5.85. The van der Waals surface area contributed by atoms with Crippen molar-refractivity contribution in [2.45, 2.75) is 28.8 Å². The zero-order chi connectivity index (χ0) is 13.1. The molecular formula is C13H15Cl3O2. The van der Waals surface area contributed by atoms with E-state index in [0.29, 0.717) is 26.1 Å². The molecule has 1 fully saturated rings. The summed E-state index contributed by atoms with van der Waals surface area (Å²) in [6, 6.07) is 9.81. The molecule has 100 valence electrons. The van der Waals surface area contributed by atoms with Crippen LogP contribution in [0, 0.1) is 0 Å². The van der Waals surface area contributed by atoms with Crippen LogP contribution < -0.4 is 0 Å². The van der Waals surface area contributed by atoms with Crippen molar-refractivity contribution in [3.05, 3.63) is 35.9 Å². The molecule has 18 heavy (non-hydrogen) atoms. The van der Waals surface area contributed by atoms with Gasteiger partial charge in [-0.2, -0.15) is 0 Å². The van der Waals surface area contributed by atoms with Gasteiger partial charge in [0.25, 0.3) is 0 Å². The maximum atomic E-state index is 5.85. The summed E-state index contributed by atoms with van der Waals surface area (Å²) in [4.78, 5) is 0. The summed E-state index contributed by atoms with van der Waals surface area (Å²) in [7, 11) is 0. The van der Waals surface area contributed by atoms with Crippen molar-refractivity contribution in [1.82, 2.24) is 0 Å². The summed E-state index contributed by atoms with van der Waals surface area (Å²) in [5, 5.41) is 0. The molecule has 1 heterocycles. The fourth-order valence-electron chi connectivity index (χ4n) is 2.03. The van der Waals surface area contributed by atoms with Gasteiger partial charge in [0.1, 0.15) is 0 Å². The Morgan fingerprint density at radius 3 is 2.22 bits per heavy atom. The SMILES string of the molecule is ClC(Cl)(Cl)CCC1(c2ccccc2)OCCCO1. The van der Waals surface area contributed by atoms with Gasteiger partial charge >= 0.3 is 0 Å². The van der Waals surface area contributed by atoms with Gasteiger partial charge in [0.15, 0.2) is 9.58 Å². The fraction of sp³-hybridized carbons (Fsp3) is 0.538. The first kappa shape index (κ1) is 14.4. The average molecular weight is 310 g/mol. The molecule has 1 aromatic carbocycles. The van der Waals surface area contributed by atoms with Gasteiger partial charge < -0.3 is 9.47 Å². The summed E-state index contributed by atoms with van der Waals surface area (Å²) < 4.78 is 10.4. The van der Waals surface area contributed by atoms with Crippen LogP contribution in [0.2, 0.25) is 0 Å². The van der Waals surface area contributed by atoms with Gasteiger partial charge in [-0.25, -0.2) is 0 Å². The third-order valence-corrected chi connectivity index (χ3v) is 3.48. The lowest BCUT2D eigenvalue weighted by Gasteiger charge is -2.38. The van der Waals surface area contributed by atoms with Crippen molar-refractivity contribution in [1.29, 1.82) is 0 Å². The summed E-state index contributed by atoms with van der Waals surface area (Å²) in [6.07, 6.45) is 1.79. The van der Waals surface area contributed by atoms with Crippen molar-refractivity contribution >= 4 is 34.8 Å². The van der Waals surface area contributed by atoms with Crippen LogP contribution in [-0.4, -0.2) is 17.0 Å². The Balaban J connectivity index is 2.18. The highest BCUT2D eigenvalue weighted by Gasteiger charge is 2.38. The monoisotopic (exact) mass is 308 g/mol. The van der Waals surface area contributed by atoms with Crippen LogP contribution in [0.5, 0.6) is 0 Å². The van der Waals surface area contributed by atoms with Gasteiger partial charge in [-0.3, -0.25) is 0 Å². The first-order valence-corrected chi connectivity index (χ1v) is 7.05. The van der Waals surface area contributed by atoms with Crippen LogP contribution in [0.4, 0.5) is 0 Å². The average Bonchev–Trinajstić information content (AvgIpc) is 2.38. The zero-order valence-electron chi connectivity index (χ0n) is 9.87. The highest BCUT2D eigenvalue weighted by molar-refractivity contribution is 6.67. The Morgan fingerprint density at radius 1 is 1.06 bits per heavy atom. The van der Waals surface area contributed by atoms with E-state index in [1.54, 1.807) is 0 Å². The number of halogens is 3. The van der Waals surface area contributed by atoms with Crippen molar-refractivity contribution in [3.8, 4) is 0 Å². The summed E-state index contributed by atoms with van der Waals surface area (Å²) in [6.45, 7) is 1.32. The van der Waals surface area contributed by atoms with Gasteiger partial charge in [0, 0.05) is 12.0 Å². The van der Waals surface area contributed by atoms with E-state index < -0.39 is 9.58 Å². The third-order valence-electron chi connectivity index (χ3n) is 2.91. The maximum Gasteiger partial charge on any atom is 0.194 e. The van der Waals surface area contributed by atoms with E-state index in [2.05, 4.69) is 0 Å². The Bertz CT molecular complexity index is 370. The lowest BCUT2D eigenvalue weighted by Crippen LogP contribution is -2.38. The number of hydrogen-bond acceptors (Lipinski definition) is 2. The molecule has 0 N–H and O–H groups in total. The van der Waals surface area contributed by atoms with E-state index in [4.69, 9.17) is 44.3 Å². The fourth-order valence-corrected chi connectivity index (χ4v) is 2.31. The minimum atomic E-state index is -1.29. The minimum absolute atomic E-state index is 0.382. The number of ether oxygens (including phenoxy) is 2. The lowest BCUT2D eigenvalue weighted by atomic mass is 10.00. The molecule has 5 heteroatoms. The van der Waals surface area contributed by atoms with E-state index in [9.17, 15) is 0 Å². The van der Waals surface area contributed by atoms with Gasteiger partial charge in [-0.05, 0) is 12.8 Å². The Hall–Kier alpha value is 0.01000. The van der Waals surface area contributed by atoms with E-state index in [-0.39, 0.29) is 0 Å². The van der Waals surface area contributed by atoms with Crippen molar-refractivity contribution in [2.75, 3.05) is 13.2 Å². The van der Waals surface area contributed by atoms with Gasteiger partial charge in [0.2, 0.25) is 0 Å². The highest BCUT2D eigenvalue weighted by Crippen LogP contribution is 2.40. The molecule has 0 radical (unpaired) electrons. The molecule has 2 nitrogen and oxygen atoms in total. The molecule has 0 unspecified atom stereocenters. The van der Waals surface area contributed by atoms with Crippen molar-refractivity contribution < 1.29 is 9.47 Å². The van der Waals surface area contributed by atoms with E-state index in [1.807, 2.05) is 30.3 Å². The lowest BCUT2D eigenvalue weighted by molar-refractivity contribution is -0.280. The molecule has 0 saturated carbocycles. The van der Waals surface area contributed by atoms with E-state index >= 15 is 0 Å². The number of alkyl halides is 3. The highest BCUT2D eigenvalue weighted by atomic mass is 35.6. The van der Waals surface area contributed by atoms with Gasteiger partial charge in [0.05, 0.1) is 13.2 Å². The quantitative estimate of drug-likeness (QED) is 0.769.